The fourth-order valence-electron chi connectivity index (χ4n) is 5.11. The van der Waals surface area contributed by atoms with Gasteiger partial charge in [0.15, 0.2) is 11.6 Å². The molecule has 1 aromatic carbocycles. The number of benzene rings is 1. The summed E-state index contributed by atoms with van der Waals surface area (Å²) < 4.78 is 7.11. The van der Waals surface area contributed by atoms with E-state index in [1.54, 1.807) is 18.0 Å². The van der Waals surface area contributed by atoms with Gasteiger partial charge in [-0.15, -0.1) is 5.10 Å². The van der Waals surface area contributed by atoms with Gasteiger partial charge < -0.3 is 20.3 Å². The van der Waals surface area contributed by atoms with Gasteiger partial charge in [-0.3, -0.25) is 0 Å². The maximum Gasteiger partial charge on any atom is 0.229 e. The van der Waals surface area contributed by atoms with Crippen molar-refractivity contribution in [3.8, 4) is 11.4 Å². The van der Waals surface area contributed by atoms with Crippen LogP contribution in [0.1, 0.15) is 37.9 Å². The summed E-state index contributed by atoms with van der Waals surface area (Å²) >= 11 is 6.44. The lowest BCUT2D eigenvalue weighted by atomic mass is 9.83. The van der Waals surface area contributed by atoms with Gasteiger partial charge in [-0.1, -0.05) is 18.0 Å². The molecule has 2 aliphatic heterocycles. The van der Waals surface area contributed by atoms with Crippen LogP contribution in [0.2, 0.25) is 5.02 Å². The zero-order valence-electron chi connectivity index (χ0n) is 19.5. The molecular formula is C23H30ClN9O. The molecular weight excluding hydrogens is 454 g/mol. The molecule has 2 aliphatic rings. The van der Waals surface area contributed by atoms with E-state index in [-0.39, 0.29) is 0 Å². The second-order valence-electron chi connectivity index (χ2n) is 8.92. The van der Waals surface area contributed by atoms with Crippen LogP contribution in [0, 0.1) is 12.8 Å². The van der Waals surface area contributed by atoms with Crippen molar-refractivity contribution >= 4 is 29.1 Å². The molecule has 180 valence electrons. The number of tetrazole rings is 1. The highest BCUT2D eigenvalue weighted by Gasteiger charge is 2.32. The first kappa shape index (κ1) is 22.8. The Morgan fingerprint density at radius 2 is 2.06 bits per heavy atom. The van der Waals surface area contributed by atoms with Crippen LogP contribution >= 0.6 is 11.6 Å². The Hall–Kier alpha value is -2.98. The number of hydrogen-bond acceptors (Lipinski definition) is 9. The number of nitrogens with zero attached hydrogens (tertiary/aromatic N) is 7. The summed E-state index contributed by atoms with van der Waals surface area (Å²) in [5.74, 6) is 3.03. The summed E-state index contributed by atoms with van der Waals surface area (Å²) in [6, 6.07) is 6.31. The van der Waals surface area contributed by atoms with Crippen molar-refractivity contribution < 1.29 is 4.74 Å². The Balaban J connectivity index is 1.31. The number of fused-ring (bicyclic) bond motifs is 1. The van der Waals surface area contributed by atoms with E-state index in [0.29, 0.717) is 40.3 Å². The molecule has 11 heteroatoms. The number of aromatic nitrogens is 6. The number of methoxy groups -OCH3 is 1. The van der Waals surface area contributed by atoms with Crippen molar-refractivity contribution in [1.82, 2.24) is 35.1 Å². The molecule has 0 aliphatic carbocycles. The second kappa shape index (κ2) is 10.1. The highest BCUT2D eigenvalue weighted by Crippen LogP contribution is 2.32. The summed E-state index contributed by atoms with van der Waals surface area (Å²) in [7, 11) is 1.62. The van der Waals surface area contributed by atoms with Gasteiger partial charge in [0.1, 0.15) is 16.5 Å². The van der Waals surface area contributed by atoms with Crippen molar-refractivity contribution in [3.63, 3.8) is 0 Å². The van der Waals surface area contributed by atoms with E-state index >= 15 is 0 Å². The normalized spacial score (nSPS) is 20.6. The summed E-state index contributed by atoms with van der Waals surface area (Å²) in [6.07, 6.45) is 8.07. The van der Waals surface area contributed by atoms with Gasteiger partial charge >= 0.3 is 0 Å². The summed E-state index contributed by atoms with van der Waals surface area (Å²) in [5, 5.41) is 19.0. The zero-order valence-corrected chi connectivity index (χ0v) is 20.3. The Labute approximate surface area is 204 Å². The van der Waals surface area contributed by atoms with Crippen LogP contribution in [0.3, 0.4) is 0 Å². The van der Waals surface area contributed by atoms with Crippen molar-refractivity contribution in [2.45, 2.75) is 45.1 Å². The standard InChI is InChI=1S/C23H30ClN9O/c1-15-29-30-31-33(15)20-12-17(8-9-21(20)34-2)27-23-26-14-18(24)22(28-23)25-13-16-6-5-11-32-10-4-3-7-19(16)32/h8-9,12,14,16,19H,3-7,10-11,13H2,1-2H3,(H2,25,26,27,28)/t16-,19+/m0/s1. The Bertz CT molecular complexity index is 1140. The fraction of sp³-hybridized carbons (Fsp3) is 0.522. The third-order valence-electron chi connectivity index (χ3n) is 6.79. The lowest BCUT2D eigenvalue weighted by Gasteiger charge is -2.44. The molecule has 3 aromatic rings. The van der Waals surface area contributed by atoms with Crippen molar-refractivity contribution in [3.05, 3.63) is 35.2 Å². The maximum atomic E-state index is 6.44. The van der Waals surface area contributed by atoms with Crippen LogP contribution in [0.25, 0.3) is 5.69 Å². The van der Waals surface area contributed by atoms with Crippen LogP contribution in [0.5, 0.6) is 5.75 Å². The van der Waals surface area contributed by atoms with Crippen LogP contribution in [-0.4, -0.2) is 67.9 Å². The number of anilines is 3. The molecule has 0 amide bonds. The summed E-state index contributed by atoms with van der Waals surface area (Å²) in [6.45, 7) is 5.16. The van der Waals surface area contributed by atoms with Gasteiger partial charge in [0.2, 0.25) is 5.95 Å². The average Bonchev–Trinajstić information content (AvgIpc) is 3.30. The van der Waals surface area contributed by atoms with E-state index in [9.17, 15) is 0 Å². The van der Waals surface area contributed by atoms with Crippen LogP contribution in [-0.2, 0) is 0 Å². The van der Waals surface area contributed by atoms with Gasteiger partial charge in [-0.05, 0) is 80.2 Å². The molecule has 2 saturated heterocycles. The molecule has 0 saturated carbocycles. The molecule has 0 bridgehead atoms. The first-order chi connectivity index (χ1) is 16.6. The van der Waals surface area contributed by atoms with E-state index in [1.807, 2.05) is 25.1 Å². The van der Waals surface area contributed by atoms with Gasteiger partial charge in [0.25, 0.3) is 0 Å². The van der Waals surface area contributed by atoms with Crippen molar-refractivity contribution in [2.24, 2.45) is 5.92 Å². The van der Waals surface area contributed by atoms with Crippen molar-refractivity contribution in [1.29, 1.82) is 0 Å². The third kappa shape index (κ3) is 4.78. The molecule has 4 heterocycles. The maximum absolute atomic E-state index is 6.44. The van der Waals surface area contributed by atoms with Crippen LogP contribution in [0.15, 0.2) is 24.4 Å². The van der Waals surface area contributed by atoms with E-state index < -0.39 is 0 Å². The molecule has 2 atom stereocenters. The number of aryl methyl sites for hydroxylation is 1. The van der Waals surface area contributed by atoms with E-state index in [4.69, 9.17) is 16.3 Å². The topological polar surface area (TPSA) is 106 Å². The predicted octanol–water partition coefficient (Wildman–Crippen LogP) is 3.84. The SMILES string of the molecule is COc1ccc(Nc2ncc(Cl)c(NC[C@@H]3CCCN4CCCC[C@H]34)n2)cc1-n1nnnc1C. The molecule has 2 aromatic heterocycles. The lowest BCUT2D eigenvalue weighted by Crippen LogP contribution is -2.49. The van der Waals surface area contributed by atoms with Gasteiger partial charge in [0, 0.05) is 18.3 Å². The molecule has 0 unspecified atom stereocenters. The molecule has 5 rings (SSSR count). The highest BCUT2D eigenvalue weighted by atomic mass is 35.5. The monoisotopic (exact) mass is 483 g/mol. The zero-order chi connectivity index (χ0) is 23.5. The van der Waals surface area contributed by atoms with E-state index in [2.05, 4.69) is 41.0 Å². The van der Waals surface area contributed by atoms with Crippen LogP contribution < -0.4 is 15.4 Å². The number of ether oxygens (including phenoxy) is 1. The van der Waals surface area contributed by atoms with Crippen molar-refractivity contribution in [2.75, 3.05) is 37.4 Å². The first-order valence-corrected chi connectivity index (χ1v) is 12.2. The van der Waals surface area contributed by atoms with Crippen LogP contribution in [0.4, 0.5) is 17.5 Å². The van der Waals surface area contributed by atoms with Gasteiger partial charge in [-0.2, -0.15) is 9.67 Å². The first-order valence-electron chi connectivity index (χ1n) is 11.8. The Kier molecular flexibility index (Phi) is 6.77. The molecule has 2 fully saturated rings. The second-order valence-corrected chi connectivity index (χ2v) is 9.33. The summed E-state index contributed by atoms with van der Waals surface area (Å²) in [4.78, 5) is 11.7. The lowest BCUT2D eigenvalue weighted by molar-refractivity contribution is 0.0649. The van der Waals surface area contributed by atoms with Gasteiger partial charge in [0.05, 0.1) is 13.3 Å². The Morgan fingerprint density at radius 1 is 1.18 bits per heavy atom. The third-order valence-corrected chi connectivity index (χ3v) is 7.07. The van der Waals surface area contributed by atoms with Gasteiger partial charge in [-0.25, -0.2) is 4.98 Å². The molecule has 0 radical (unpaired) electrons. The van der Waals surface area contributed by atoms with E-state index in [0.717, 1.165) is 17.9 Å². The molecule has 0 spiro atoms. The quantitative estimate of drug-likeness (QED) is 0.518. The molecule has 34 heavy (non-hydrogen) atoms. The number of piperidine rings is 2. The number of rotatable bonds is 7. The predicted molar refractivity (Wildman–Crippen MR) is 131 cm³/mol. The number of halogens is 1. The minimum Gasteiger partial charge on any atom is -0.494 e. The highest BCUT2D eigenvalue weighted by molar-refractivity contribution is 6.32. The minimum absolute atomic E-state index is 0.458. The molecule has 2 N–H and O–H groups in total. The number of hydrogen-bond donors (Lipinski definition) is 2. The summed E-state index contributed by atoms with van der Waals surface area (Å²) in [5.41, 5.74) is 1.50. The fourth-order valence-corrected chi connectivity index (χ4v) is 5.27. The smallest absolute Gasteiger partial charge is 0.229 e. The minimum atomic E-state index is 0.458. The largest absolute Gasteiger partial charge is 0.494 e. The number of nitrogens with one attached hydrogen (secondary N) is 2. The average molecular weight is 484 g/mol. The van der Waals surface area contributed by atoms with E-state index in [1.165, 1.54) is 45.2 Å². The molecule has 10 nitrogen and oxygen atoms in total. The Morgan fingerprint density at radius 3 is 2.88 bits per heavy atom.